The monoisotopic (exact) mass is 1170 g/mol. The third-order valence-corrected chi connectivity index (χ3v) is 29.2. The summed E-state index contributed by atoms with van der Waals surface area (Å²) in [5.41, 5.74) is 0.0600. The minimum atomic E-state index is -2.83. The van der Waals surface area contributed by atoms with E-state index in [1.165, 1.54) is 54.4 Å². The number of carboxylic acids is 4. The summed E-state index contributed by atoms with van der Waals surface area (Å²) >= 11 is -2.83. The molecule has 22 heteroatoms. The number of aliphatic carboxylic acids is 4. The van der Waals surface area contributed by atoms with Crippen molar-refractivity contribution in [2.45, 2.75) is 168 Å². The van der Waals surface area contributed by atoms with Gasteiger partial charge in [-0.1, -0.05) is 6.07 Å². The molecule has 1 heterocycles. The maximum atomic E-state index is 13.9. The van der Waals surface area contributed by atoms with Gasteiger partial charge in [0.25, 0.3) is 17.7 Å². The standard InChI is InChI=1S/C42H47N4O17.3C4H9.Sn/c47-31(29(13-18-36(53)54)44-39(58)25-10-6-11-28(21-25)42(62)63-46-33(49)15-16-34(46)50)22-26(12-17-35(51)52)40(59)45-30(14-19-37(55)56)32(48)23-27(41(60)61)9-4-5-20-43-38(57)24-7-2-1-3-8-24;3*1-3-4-2;/h1-2,6-8,10-11,21,26-27,29-30H,4-5,9,12-20,22-23H2,(H,43,57)(H,44,58)(H,45,59)(H,51,52)(H,53,54)(H,55,56)(H,60,61);3*1,3-4H2,2H3;/t26-,27-,29+,30+;;;;/m0..../s1. The van der Waals surface area contributed by atoms with E-state index in [1.807, 2.05) is 6.07 Å². The molecule has 2 aromatic rings. The molecule has 0 saturated carbocycles. The predicted octanol–water partition coefficient (Wildman–Crippen LogP) is 5.98. The van der Waals surface area contributed by atoms with Gasteiger partial charge in [-0.15, -0.1) is 5.06 Å². The number of amides is 5. The molecule has 416 valence electrons. The van der Waals surface area contributed by atoms with Gasteiger partial charge in [-0.2, -0.15) is 0 Å². The molecule has 7 N–H and O–H groups in total. The normalized spacial score (nSPS) is 14.0. The average Bonchev–Trinajstić information content (AvgIpc) is 3.70. The van der Waals surface area contributed by atoms with Crippen LogP contribution in [0.2, 0.25) is 13.3 Å². The van der Waals surface area contributed by atoms with E-state index in [0.29, 0.717) is 17.0 Å². The summed E-state index contributed by atoms with van der Waals surface area (Å²) in [5, 5.41) is 46.6. The number of unbranched alkanes of at least 4 members (excludes halogenated alkanes) is 4. The number of Topliss-reactive ketones (excluding diaryl/α,β-unsaturated/α-hetero) is 2. The second-order valence-corrected chi connectivity index (χ2v) is 32.7. The summed E-state index contributed by atoms with van der Waals surface area (Å²) in [6.45, 7) is 6.85. The Kier molecular flexibility index (Phi) is 27.5. The first-order valence-corrected chi connectivity index (χ1v) is 33.7. The van der Waals surface area contributed by atoms with Crippen LogP contribution in [-0.4, -0.2) is 133 Å². The molecule has 0 aliphatic carbocycles. The van der Waals surface area contributed by atoms with E-state index in [2.05, 4.69) is 48.9 Å². The number of hydrogen-bond donors (Lipinski definition) is 7. The van der Waals surface area contributed by atoms with Crippen molar-refractivity contribution in [3.8, 4) is 0 Å². The molecule has 2 aromatic carbocycles. The van der Waals surface area contributed by atoms with Crippen LogP contribution in [0.25, 0.3) is 0 Å². The third-order valence-electron chi connectivity index (χ3n) is 13.6. The van der Waals surface area contributed by atoms with E-state index in [-0.39, 0.29) is 49.3 Å². The fourth-order valence-electron chi connectivity index (χ4n) is 9.15. The van der Waals surface area contributed by atoms with E-state index in [0.717, 1.165) is 25.3 Å². The zero-order chi connectivity index (χ0) is 56.4. The fraction of sp³-hybridized carbons (Fsp3) is 0.556. The second kappa shape index (κ2) is 32.8. The van der Waals surface area contributed by atoms with Crippen LogP contribution in [0.3, 0.4) is 0 Å². The molecule has 1 aliphatic rings. The molecule has 0 unspecified atom stereocenters. The van der Waals surface area contributed by atoms with Gasteiger partial charge < -0.3 is 30.8 Å². The van der Waals surface area contributed by atoms with Crippen LogP contribution in [0.4, 0.5) is 0 Å². The summed E-state index contributed by atoms with van der Waals surface area (Å²) < 4.78 is 5.09. The van der Waals surface area contributed by atoms with Gasteiger partial charge in [-0.3, -0.25) is 43.2 Å². The molecular weight excluding hydrogens is 1100 g/mol. The average molecular weight is 1170 g/mol. The number of hydrogen-bond acceptors (Lipinski definition) is 13. The van der Waals surface area contributed by atoms with E-state index in [4.69, 9.17) is 4.84 Å². The van der Waals surface area contributed by atoms with Crippen molar-refractivity contribution in [1.82, 2.24) is 21.0 Å². The van der Waals surface area contributed by atoms with Crippen LogP contribution in [0.1, 0.15) is 174 Å². The van der Waals surface area contributed by atoms with Crippen LogP contribution in [-0.2, 0) is 48.0 Å². The molecule has 5 amide bonds. The third kappa shape index (κ3) is 21.2. The number of imide groups is 1. The van der Waals surface area contributed by atoms with Crippen molar-refractivity contribution >= 4 is 92.9 Å². The van der Waals surface area contributed by atoms with E-state index in [1.54, 1.807) is 6.07 Å². The zero-order valence-corrected chi connectivity index (χ0v) is 46.6. The molecule has 76 heavy (non-hydrogen) atoms. The van der Waals surface area contributed by atoms with Crippen molar-refractivity contribution < 1.29 is 82.8 Å². The number of carboxylic acid groups (broad SMARTS) is 4. The number of ketones is 2. The van der Waals surface area contributed by atoms with E-state index in [9.17, 15) is 78.0 Å². The summed E-state index contributed by atoms with van der Waals surface area (Å²) in [6, 6.07) is 9.57. The molecule has 4 atom stereocenters. The van der Waals surface area contributed by atoms with Gasteiger partial charge in [-0.25, -0.2) is 4.79 Å². The van der Waals surface area contributed by atoms with Crippen molar-refractivity contribution in [1.29, 1.82) is 0 Å². The van der Waals surface area contributed by atoms with Gasteiger partial charge in [0.1, 0.15) is 0 Å². The molecule has 3 rings (SSSR count). The zero-order valence-electron chi connectivity index (χ0n) is 43.7. The minimum absolute atomic E-state index is 0.0104. The summed E-state index contributed by atoms with van der Waals surface area (Å²) in [4.78, 5) is 157. The van der Waals surface area contributed by atoms with Crippen LogP contribution >= 0.6 is 0 Å². The van der Waals surface area contributed by atoms with Gasteiger partial charge in [0.05, 0.1) is 17.6 Å². The number of hydroxylamine groups is 2. The fourth-order valence-corrected chi connectivity index (χ4v) is 25.2. The van der Waals surface area contributed by atoms with Crippen LogP contribution in [0.15, 0.2) is 48.5 Å². The van der Waals surface area contributed by atoms with Crippen LogP contribution in [0, 0.1) is 11.8 Å². The van der Waals surface area contributed by atoms with Gasteiger partial charge in [-0.05, 0) is 37.5 Å². The Morgan fingerprint density at radius 1 is 0.579 bits per heavy atom. The predicted molar refractivity (Wildman–Crippen MR) is 278 cm³/mol. The number of carbonyl (C=O) groups excluding carboxylic acids is 8. The first-order valence-electron chi connectivity index (χ1n) is 26.3. The van der Waals surface area contributed by atoms with Crippen LogP contribution in [0.5, 0.6) is 0 Å². The van der Waals surface area contributed by atoms with Crippen LogP contribution < -0.4 is 19.5 Å². The molecule has 21 nitrogen and oxygen atoms in total. The first kappa shape index (κ1) is 63.8. The number of nitrogens with zero attached hydrogens (tertiary/aromatic N) is 1. The maximum absolute atomic E-state index is 13.9. The molecule has 0 spiro atoms. The molecule has 1 saturated heterocycles. The Morgan fingerprint density at radius 3 is 1.59 bits per heavy atom. The van der Waals surface area contributed by atoms with E-state index >= 15 is 0 Å². The summed E-state index contributed by atoms with van der Waals surface area (Å²) in [6.07, 6.45) is 2.25. The van der Waals surface area contributed by atoms with Gasteiger partial charge in [0.2, 0.25) is 5.91 Å². The Hall–Kier alpha value is -6.52. The Balaban J connectivity index is 1.72. The molecule has 0 radical (unpaired) electrons. The van der Waals surface area contributed by atoms with Crippen molar-refractivity contribution in [3.05, 3.63) is 65.2 Å². The van der Waals surface area contributed by atoms with Crippen molar-refractivity contribution in [2.75, 3.05) is 6.54 Å². The quantitative estimate of drug-likeness (QED) is 0.0231. The Bertz CT molecular complexity index is 2370. The molecular formula is C54H74N4O17Sn. The Morgan fingerprint density at radius 2 is 1.07 bits per heavy atom. The number of rotatable bonds is 38. The number of benzene rings is 2. The molecule has 1 fully saturated rings. The van der Waals surface area contributed by atoms with Gasteiger partial charge >= 0.3 is 224 Å². The van der Waals surface area contributed by atoms with Crippen molar-refractivity contribution in [3.63, 3.8) is 0 Å². The topological polar surface area (TPSA) is 334 Å². The number of carbonyl (C=O) groups is 12. The summed E-state index contributed by atoms with van der Waals surface area (Å²) in [5.74, 6) is -14.9. The second-order valence-electron chi connectivity index (χ2n) is 19.4. The number of nitrogens with one attached hydrogen (secondary N) is 3. The first-order chi connectivity index (χ1) is 36.1. The molecule has 0 aromatic heterocycles. The van der Waals surface area contributed by atoms with Gasteiger partial charge in [0, 0.05) is 50.0 Å². The molecule has 1 aliphatic heterocycles. The van der Waals surface area contributed by atoms with Crippen molar-refractivity contribution in [2.24, 2.45) is 11.8 Å². The molecule has 0 bridgehead atoms. The summed E-state index contributed by atoms with van der Waals surface area (Å²) in [7, 11) is 0. The van der Waals surface area contributed by atoms with E-state index < -0.39 is 159 Å². The SMILES string of the molecule is CCC[CH2][Sn]([CH2]CCC)([CH2]CCC)[c]1cccc(C(=O)NCCCC[C@@H](CC(=O)[C@@H](CCC(=O)O)NC(=O)[C@@H](CCC(=O)O)CC(=O)[C@@H](CCC(=O)O)NC(=O)c2cccc(C(=O)ON3C(=O)CCC3=O)c2)C(=O)O)c1. The van der Waals surface area contributed by atoms with Gasteiger partial charge in [0.15, 0.2) is 5.78 Å². The Labute approximate surface area is 446 Å².